The molecule has 4 unspecified atom stereocenters. The van der Waals surface area contributed by atoms with Crippen molar-refractivity contribution in [2.24, 2.45) is 11.7 Å². The molecule has 10 heteroatoms. The Morgan fingerprint density at radius 2 is 1.50 bits per heavy atom. The summed E-state index contributed by atoms with van der Waals surface area (Å²) in [6, 6.07) is 5.09. The maximum absolute atomic E-state index is 12.6. The molecule has 0 aliphatic rings. The van der Waals surface area contributed by atoms with Crippen molar-refractivity contribution in [3.8, 4) is 0 Å². The van der Waals surface area contributed by atoms with Gasteiger partial charge in [-0.25, -0.2) is 4.79 Å². The molecule has 10 nitrogen and oxygen atoms in total. The highest BCUT2D eigenvalue weighted by Gasteiger charge is 2.33. The number of nitrogens with two attached hydrogens (primary N) is 1. The molecule has 0 fully saturated rings. The van der Waals surface area contributed by atoms with Crippen molar-refractivity contribution < 1.29 is 29.4 Å². The van der Waals surface area contributed by atoms with Gasteiger partial charge in [0.1, 0.15) is 18.1 Å². The van der Waals surface area contributed by atoms with Crippen LogP contribution in [0.5, 0.6) is 0 Å². The summed E-state index contributed by atoms with van der Waals surface area (Å²) < 4.78 is 0. The number of nitrogens with one attached hydrogen (secondary N) is 3. The maximum atomic E-state index is 12.6. The Morgan fingerprint density at radius 1 is 0.933 bits per heavy atom. The Labute approximate surface area is 175 Å². The second kappa shape index (κ2) is 11.9. The van der Waals surface area contributed by atoms with Crippen LogP contribution in [0, 0.1) is 5.92 Å². The topological polar surface area (TPSA) is 171 Å². The van der Waals surface area contributed by atoms with Gasteiger partial charge in [0.15, 0.2) is 0 Å². The van der Waals surface area contributed by atoms with Crippen LogP contribution in [0.1, 0.15) is 26.3 Å². The molecule has 0 aromatic heterocycles. The average molecular weight is 422 g/mol. The molecule has 4 atom stereocenters. The molecule has 0 aliphatic heterocycles. The van der Waals surface area contributed by atoms with E-state index in [9.17, 15) is 29.4 Å². The SMILES string of the molecule is CC(C)C(NC(=O)CN)C(=O)NC(C(=O)NC(Cc1ccccc1)C(=O)O)C(C)O. The molecule has 0 bridgehead atoms. The monoisotopic (exact) mass is 422 g/mol. The number of carbonyl (C=O) groups excluding carboxylic acids is 3. The van der Waals surface area contributed by atoms with Crippen LogP contribution in [0.25, 0.3) is 0 Å². The van der Waals surface area contributed by atoms with E-state index < -0.39 is 47.9 Å². The largest absolute Gasteiger partial charge is 0.480 e. The summed E-state index contributed by atoms with van der Waals surface area (Å²) in [6.45, 7) is 4.37. The molecule has 0 radical (unpaired) electrons. The van der Waals surface area contributed by atoms with Gasteiger partial charge in [0.2, 0.25) is 17.7 Å². The van der Waals surface area contributed by atoms with Gasteiger partial charge in [0.05, 0.1) is 12.6 Å². The first-order valence-electron chi connectivity index (χ1n) is 9.61. The highest BCUT2D eigenvalue weighted by Crippen LogP contribution is 2.06. The summed E-state index contributed by atoms with van der Waals surface area (Å²) in [5.74, 6) is -3.66. The Hall–Kier alpha value is -2.98. The third-order valence-electron chi connectivity index (χ3n) is 4.41. The quantitative estimate of drug-likeness (QED) is 0.259. The van der Waals surface area contributed by atoms with Gasteiger partial charge in [-0.2, -0.15) is 0 Å². The zero-order chi connectivity index (χ0) is 22.8. The summed E-state index contributed by atoms with van der Waals surface area (Å²) in [7, 11) is 0. The fourth-order valence-electron chi connectivity index (χ4n) is 2.73. The molecular weight excluding hydrogens is 392 g/mol. The third-order valence-corrected chi connectivity index (χ3v) is 4.41. The van der Waals surface area contributed by atoms with E-state index in [2.05, 4.69) is 16.0 Å². The number of carboxylic acid groups (broad SMARTS) is 1. The predicted octanol–water partition coefficient (Wildman–Crippen LogP) is -1.24. The molecule has 0 spiro atoms. The molecule has 1 aromatic carbocycles. The summed E-state index contributed by atoms with van der Waals surface area (Å²) >= 11 is 0. The lowest BCUT2D eigenvalue weighted by Crippen LogP contribution is -2.60. The summed E-state index contributed by atoms with van der Waals surface area (Å²) in [5.41, 5.74) is 5.96. The van der Waals surface area contributed by atoms with Gasteiger partial charge in [-0.1, -0.05) is 44.2 Å². The lowest BCUT2D eigenvalue weighted by Gasteiger charge is -2.27. The van der Waals surface area contributed by atoms with Crippen molar-refractivity contribution in [3.63, 3.8) is 0 Å². The summed E-state index contributed by atoms with van der Waals surface area (Å²) in [6.07, 6.45) is -1.28. The van der Waals surface area contributed by atoms with E-state index >= 15 is 0 Å². The van der Waals surface area contributed by atoms with E-state index in [1.54, 1.807) is 44.2 Å². The van der Waals surface area contributed by atoms with Crippen LogP contribution < -0.4 is 21.7 Å². The molecule has 0 aliphatic carbocycles. The molecule has 3 amide bonds. The summed E-state index contributed by atoms with van der Waals surface area (Å²) in [5, 5.41) is 26.6. The highest BCUT2D eigenvalue weighted by atomic mass is 16.4. The molecular formula is C20H30N4O6. The molecule has 1 rings (SSSR count). The van der Waals surface area contributed by atoms with Crippen molar-refractivity contribution in [3.05, 3.63) is 35.9 Å². The van der Waals surface area contributed by atoms with E-state index in [0.717, 1.165) is 0 Å². The number of carboxylic acids is 1. The van der Waals surface area contributed by atoms with Crippen molar-refractivity contribution in [2.75, 3.05) is 6.54 Å². The number of aliphatic hydroxyl groups excluding tert-OH is 1. The second-order valence-electron chi connectivity index (χ2n) is 7.31. The number of rotatable bonds is 11. The molecule has 0 heterocycles. The first kappa shape index (κ1) is 25.1. The van der Waals surface area contributed by atoms with Gasteiger partial charge in [-0.05, 0) is 18.4 Å². The zero-order valence-corrected chi connectivity index (χ0v) is 17.3. The van der Waals surface area contributed by atoms with Crippen LogP contribution >= 0.6 is 0 Å². The Bertz CT molecular complexity index is 738. The van der Waals surface area contributed by atoms with Gasteiger partial charge in [-0.15, -0.1) is 0 Å². The first-order chi connectivity index (χ1) is 14.1. The number of carbonyl (C=O) groups is 4. The van der Waals surface area contributed by atoms with Gasteiger partial charge in [-0.3, -0.25) is 14.4 Å². The number of amides is 3. The molecule has 0 saturated heterocycles. The van der Waals surface area contributed by atoms with Crippen LogP contribution in [-0.2, 0) is 25.6 Å². The number of benzene rings is 1. The second-order valence-corrected chi connectivity index (χ2v) is 7.31. The Balaban J connectivity index is 2.91. The number of hydrogen-bond acceptors (Lipinski definition) is 6. The van der Waals surface area contributed by atoms with E-state index in [0.29, 0.717) is 5.56 Å². The third kappa shape index (κ3) is 7.80. The maximum Gasteiger partial charge on any atom is 0.326 e. The fourth-order valence-corrected chi connectivity index (χ4v) is 2.73. The normalized spacial score (nSPS) is 14.9. The predicted molar refractivity (Wildman–Crippen MR) is 109 cm³/mol. The summed E-state index contributed by atoms with van der Waals surface area (Å²) in [4.78, 5) is 48.4. The van der Waals surface area contributed by atoms with E-state index in [1.165, 1.54) is 6.92 Å². The van der Waals surface area contributed by atoms with Crippen LogP contribution in [0.4, 0.5) is 0 Å². The number of hydrogen-bond donors (Lipinski definition) is 6. The van der Waals surface area contributed by atoms with Crippen LogP contribution in [0.2, 0.25) is 0 Å². The molecule has 1 aromatic rings. The van der Waals surface area contributed by atoms with E-state index in [1.807, 2.05) is 0 Å². The average Bonchev–Trinajstić information content (AvgIpc) is 2.69. The van der Waals surface area contributed by atoms with Gasteiger partial charge in [0, 0.05) is 6.42 Å². The molecule has 30 heavy (non-hydrogen) atoms. The van der Waals surface area contributed by atoms with Crippen LogP contribution in [0.3, 0.4) is 0 Å². The van der Waals surface area contributed by atoms with Crippen molar-refractivity contribution in [1.29, 1.82) is 0 Å². The lowest BCUT2D eigenvalue weighted by atomic mass is 10.0. The van der Waals surface area contributed by atoms with Crippen molar-refractivity contribution in [1.82, 2.24) is 16.0 Å². The van der Waals surface area contributed by atoms with Gasteiger partial charge >= 0.3 is 5.97 Å². The highest BCUT2D eigenvalue weighted by molar-refractivity contribution is 5.94. The van der Waals surface area contributed by atoms with Crippen LogP contribution in [0.15, 0.2) is 30.3 Å². The minimum atomic E-state index is -1.41. The van der Waals surface area contributed by atoms with E-state index in [-0.39, 0.29) is 18.9 Å². The molecule has 0 saturated carbocycles. The number of aliphatic hydroxyl groups is 1. The Kier molecular flexibility index (Phi) is 9.93. The number of aliphatic carboxylic acids is 1. The zero-order valence-electron chi connectivity index (χ0n) is 17.3. The minimum absolute atomic E-state index is 0.0313. The molecule has 166 valence electrons. The smallest absolute Gasteiger partial charge is 0.326 e. The first-order valence-corrected chi connectivity index (χ1v) is 9.61. The van der Waals surface area contributed by atoms with Gasteiger partial charge < -0.3 is 31.9 Å². The lowest BCUT2D eigenvalue weighted by molar-refractivity contribution is -0.143. The van der Waals surface area contributed by atoms with E-state index in [4.69, 9.17) is 5.73 Å². The van der Waals surface area contributed by atoms with Crippen LogP contribution in [-0.4, -0.2) is 64.7 Å². The minimum Gasteiger partial charge on any atom is -0.480 e. The van der Waals surface area contributed by atoms with Crippen molar-refractivity contribution in [2.45, 2.75) is 51.4 Å². The van der Waals surface area contributed by atoms with Gasteiger partial charge in [0.25, 0.3) is 0 Å². The standard InChI is InChI=1S/C20H30N4O6/c1-11(2)16(23-15(26)10-21)18(27)24-17(12(3)25)19(28)22-14(20(29)30)9-13-7-5-4-6-8-13/h4-8,11-12,14,16-17,25H,9-10,21H2,1-3H3,(H,22,28)(H,23,26)(H,24,27)(H,29,30). The molecule has 7 N–H and O–H groups in total. The van der Waals surface area contributed by atoms with Crippen molar-refractivity contribution >= 4 is 23.7 Å². The Morgan fingerprint density at radius 3 is 1.97 bits per heavy atom. The fraction of sp³-hybridized carbons (Fsp3) is 0.500.